The van der Waals surface area contributed by atoms with Gasteiger partial charge in [0, 0.05) is 45.3 Å². The Bertz CT molecular complexity index is 1030. The number of benzene rings is 2. The van der Waals surface area contributed by atoms with Crippen molar-refractivity contribution in [3.63, 3.8) is 0 Å². The number of fused-ring (bicyclic) bond motifs is 3. The van der Waals surface area contributed by atoms with Crippen LogP contribution in [0.5, 0.6) is 0 Å². The van der Waals surface area contributed by atoms with Crippen LogP contribution >= 0.6 is 11.6 Å². The van der Waals surface area contributed by atoms with Gasteiger partial charge < -0.3 is 15.2 Å². The molecular weight excluding hydrogens is 390 g/mol. The molecule has 30 heavy (non-hydrogen) atoms. The molecule has 1 unspecified atom stereocenters. The van der Waals surface area contributed by atoms with Crippen LogP contribution in [0.3, 0.4) is 0 Å². The molecule has 5 rings (SSSR count). The van der Waals surface area contributed by atoms with Crippen LogP contribution in [0.2, 0.25) is 5.02 Å². The number of halogens is 1. The second-order valence-electron chi connectivity index (χ2n) is 9.37. The summed E-state index contributed by atoms with van der Waals surface area (Å²) in [6, 6.07) is 16.8. The van der Waals surface area contributed by atoms with E-state index in [0.29, 0.717) is 12.1 Å². The lowest BCUT2D eigenvalue weighted by Gasteiger charge is -2.36. The molecule has 3 aromatic rings. The van der Waals surface area contributed by atoms with Crippen LogP contribution in [0.4, 0.5) is 0 Å². The van der Waals surface area contributed by atoms with Crippen molar-refractivity contribution in [2.75, 3.05) is 14.1 Å². The van der Waals surface area contributed by atoms with E-state index in [-0.39, 0.29) is 0 Å². The summed E-state index contributed by atoms with van der Waals surface area (Å²) in [4.78, 5) is 6.11. The highest BCUT2D eigenvalue weighted by atomic mass is 35.5. The summed E-state index contributed by atoms with van der Waals surface area (Å²) in [6.07, 6.45) is 8.66. The van der Waals surface area contributed by atoms with Crippen molar-refractivity contribution in [3.05, 3.63) is 58.7 Å². The Morgan fingerprint density at radius 1 is 0.900 bits per heavy atom. The molecule has 1 atom stereocenters. The van der Waals surface area contributed by atoms with Crippen LogP contribution < -0.4 is 5.32 Å². The highest BCUT2D eigenvalue weighted by Crippen LogP contribution is 2.39. The number of nitrogens with one attached hydrogen (secondary N) is 2. The van der Waals surface area contributed by atoms with Gasteiger partial charge in [-0.3, -0.25) is 0 Å². The van der Waals surface area contributed by atoms with E-state index in [2.05, 4.69) is 59.6 Å². The molecule has 0 aliphatic heterocycles. The van der Waals surface area contributed by atoms with Gasteiger partial charge in [0.05, 0.1) is 0 Å². The quantitative estimate of drug-likeness (QED) is 0.557. The highest BCUT2D eigenvalue weighted by Gasteiger charge is 2.28. The van der Waals surface area contributed by atoms with Crippen LogP contribution in [-0.2, 0) is 12.8 Å². The maximum absolute atomic E-state index is 6.57. The van der Waals surface area contributed by atoms with E-state index >= 15 is 0 Å². The van der Waals surface area contributed by atoms with Gasteiger partial charge in [0.1, 0.15) is 0 Å². The van der Waals surface area contributed by atoms with E-state index in [0.717, 1.165) is 29.5 Å². The van der Waals surface area contributed by atoms with E-state index in [1.807, 2.05) is 12.1 Å². The zero-order chi connectivity index (χ0) is 20.7. The summed E-state index contributed by atoms with van der Waals surface area (Å²) in [5.74, 6) is 0. The van der Waals surface area contributed by atoms with Crippen LogP contribution in [0.25, 0.3) is 22.0 Å². The average molecular weight is 422 g/mol. The first kappa shape index (κ1) is 20.1. The fourth-order valence-electron chi connectivity index (χ4n) is 5.61. The van der Waals surface area contributed by atoms with Crippen molar-refractivity contribution in [2.45, 2.75) is 63.1 Å². The molecule has 0 amide bonds. The average Bonchev–Trinajstić information content (AvgIpc) is 3.13. The van der Waals surface area contributed by atoms with Gasteiger partial charge in [-0.15, -0.1) is 0 Å². The molecule has 3 nitrogen and oxygen atoms in total. The normalized spacial score (nSPS) is 24.3. The Kier molecular flexibility index (Phi) is 5.61. The summed E-state index contributed by atoms with van der Waals surface area (Å²) in [5.41, 5.74) is 6.53. The van der Waals surface area contributed by atoms with Gasteiger partial charge in [-0.2, -0.15) is 0 Å². The van der Waals surface area contributed by atoms with Gasteiger partial charge in [-0.25, -0.2) is 0 Å². The Morgan fingerprint density at radius 2 is 1.67 bits per heavy atom. The number of hydrogen-bond acceptors (Lipinski definition) is 2. The molecule has 1 saturated carbocycles. The van der Waals surface area contributed by atoms with E-state index in [1.54, 1.807) is 0 Å². The summed E-state index contributed by atoms with van der Waals surface area (Å²) in [5, 5.41) is 6.21. The zero-order valence-corrected chi connectivity index (χ0v) is 18.8. The molecule has 0 bridgehead atoms. The topological polar surface area (TPSA) is 31.1 Å². The standard InChI is InChI=1S/C26H32ClN3/c1-30(2)19-13-10-17(11-14-19)28-18-12-15-24-22(16-18)26-21(7-5-9-25(26)29-24)20-6-3-4-8-23(20)27/h3-9,17-19,28-29H,10-16H2,1-2H3. The maximum Gasteiger partial charge on any atom is 0.0484 e. The number of rotatable bonds is 4. The van der Waals surface area contributed by atoms with E-state index < -0.39 is 0 Å². The van der Waals surface area contributed by atoms with Crippen molar-refractivity contribution in [3.8, 4) is 11.1 Å². The molecule has 158 valence electrons. The molecule has 0 radical (unpaired) electrons. The summed E-state index contributed by atoms with van der Waals surface area (Å²) in [7, 11) is 4.43. The van der Waals surface area contributed by atoms with Gasteiger partial charge in [-0.05, 0) is 82.3 Å². The lowest BCUT2D eigenvalue weighted by Crippen LogP contribution is -2.45. The van der Waals surface area contributed by atoms with Crippen molar-refractivity contribution in [2.24, 2.45) is 0 Å². The van der Waals surface area contributed by atoms with Gasteiger partial charge in [0.2, 0.25) is 0 Å². The monoisotopic (exact) mass is 421 g/mol. The first-order valence-electron chi connectivity index (χ1n) is 11.4. The van der Waals surface area contributed by atoms with Crippen LogP contribution in [0.15, 0.2) is 42.5 Å². The van der Waals surface area contributed by atoms with Gasteiger partial charge >= 0.3 is 0 Å². The van der Waals surface area contributed by atoms with Crippen molar-refractivity contribution in [1.29, 1.82) is 0 Å². The van der Waals surface area contributed by atoms with E-state index in [1.165, 1.54) is 59.8 Å². The Balaban J connectivity index is 1.40. The summed E-state index contributed by atoms with van der Waals surface area (Å²) in [6.45, 7) is 0. The third kappa shape index (κ3) is 3.79. The van der Waals surface area contributed by atoms with Crippen molar-refractivity contribution in [1.82, 2.24) is 15.2 Å². The smallest absolute Gasteiger partial charge is 0.0484 e. The zero-order valence-electron chi connectivity index (χ0n) is 18.0. The highest BCUT2D eigenvalue weighted by molar-refractivity contribution is 6.33. The molecule has 2 aliphatic rings. The van der Waals surface area contributed by atoms with E-state index in [9.17, 15) is 0 Å². The minimum Gasteiger partial charge on any atom is -0.358 e. The largest absolute Gasteiger partial charge is 0.358 e. The minimum atomic E-state index is 0.566. The third-order valence-corrected chi connectivity index (χ3v) is 7.60. The lowest BCUT2D eigenvalue weighted by atomic mass is 9.86. The molecule has 2 aromatic carbocycles. The molecule has 4 heteroatoms. The Morgan fingerprint density at radius 3 is 2.43 bits per heavy atom. The Labute approximate surface area is 184 Å². The SMILES string of the molecule is CN(C)C1CCC(NC2CCc3[nH]c4cccc(-c5ccccc5Cl)c4c3C2)CC1. The van der Waals surface area contributed by atoms with Crippen LogP contribution in [0, 0.1) is 0 Å². The number of H-pyrrole nitrogens is 1. The molecular formula is C26H32ClN3. The predicted octanol–water partition coefficient (Wildman–Crippen LogP) is 5.81. The van der Waals surface area contributed by atoms with Crippen LogP contribution in [-0.4, -0.2) is 42.1 Å². The number of nitrogens with zero attached hydrogens (tertiary/aromatic N) is 1. The predicted molar refractivity (Wildman–Crippen MR) is 127 cm³/mol. The molecule has 0 saturated heterocycles. The van der Waals surface area contributed by atoms with Crippen molar-refractivity contribution < 1.29 is 0 Å². The van der Waals surface area contributed by atoms with E-state index in [4.69, 9.17) is 11.6 Å². The number of aromatic nitrogens is 1. The fraction of sp³-hybridized carbons (Fsp3) is 0.462. The van der Waals surface area contributed by atoms with Gasteiger partial charge in [-0.1, -0.05) is 41.9 Å². The molecule has 1 heterocycles. The van der Waals surface area contributed by atoms with Gasteiger partial charge in [0.25, 0.3) is 0 Å². The molecule has 2 N–H and O–H groups in total. The van der Waals surface area contributed by atoms with Crippen molar-refractivity contribution >= 4 is 22.5 Å². The molecule has 0 spiro atoms. The number of hydrogen-bond donors (Lipinski definition) is 2. The second kappa shape index (κ2) is 8.37. The fourth-order valence-corrected chi connectivity index (χ4v) is 5.85. The Hall–Kier alpha value is -1.81. The lowest BCUT2D eigenvalue weighted by molar-refractivity contribution is 0.196. The number of aromatic amines is 1. The first-order chi connectivity index (χ1) is 14.6. The minimum absolute atomic E-state index is 0.566. The molecule has 2 aliphatic carbocycles. The summed E-state index contributed by atoms with van der Waals surface area (Å²) < 4.78 is 0. The summed E-state index contributed by atoms with van der Waals surface area (Å²) >= 11 is 6.57. The van der Waals surface area contributed by atoms with Gasteiger partial charge in [0.15, 0.2) is 0 Å². The number of aryl methyl sites for hydroxylation is 1. The second-order valence-corrected chi connectivity index (χ2v) is 9.77. The van der Waals surface area contributed by atoms with Crippen LogP contribution in [0.1, 0.15) is 43.4 Å². The maximum atomic E-state index is 6.57. The molecule has 1 fully saturated rings. The molecule has 1 aromatic heterocycles. The first-order valence-corrected chi connectivity index (χ1v) is 11.8. The third-order valence-electron chi connectivity index (χ3n) is 7.27.